The van der Waals surface area contributed by atoms with Crippen molar-refractivity contribution in [2.24, 2.45) is 7.05 Å². The van der Waals surface area contributed by atoms with E-state index in [9.17, 15) is 0 Å². The topological polar surface area (TPSA) is 46.8 Å². The largest absolute Gasteiger partial charge is 0.299 e. The van der Waals surface area contributed by atoms with E-state index in [4.69, 9.17) is 11.6 Å². The lowest BCUT2D eigenvalue weighted by Crippen LogP contribution is -2.20. The van der Waals surface area contributed by atoms with E-state index in [0.717, 1.165) is 23.4 Å². The van der Waals surface area contributed by atoms with Crippen molar-refractivity contribution in [1.82, 2.24) is 24.6 Å². The third-order valence-electron chi connectivity index (χ3n) is 3.15. The second kappa shape index (κ2) is 6.30. The number of halogens is 1. The zero-order valence-electron chi connectivity index (χ0n) is 11.7. The van der Waals surface area contributed by atoms with Gasteiger partial charge in [-0.15, -0.1) is 0 Å². The van der Waals surface area contributed by atoms with Crippen molar-refractivity contribution in [2.45, 2.75) is 32.7 Å². The van der Waals surface area contributed by atoms with E-state index in [1.54, 1.807) is 10.9 Å². The Balaban J connectivity index is 2.10. The average molecular weight is 282 g/mol. The van der Waals surface area contributed by atoms with Crippen molar-refractivity contribution >= 4 is 22.6 Å². The van der Waals surface area contributed by atoms with Gasteiger partial charge in [0.1, 0.15) is 11.0 Å². The first-order valence-corrected chi connectivity index (χ1v) is 7.02. The molecule has 2 heterocycles. The minimum atomic E-state index is 0.482. The molecule has 6 heteroatoms. The summed E-state index contributed by atoms with van der Waals surface area (Å²) in [5, 5.41) is 5.44. The predicted molar refractivity (Wildman–Crippen MR) is 77.2 cm³/mol. The number of fused-ring (bicyclic) bond motifs is 1. The van der Waals surface area contributed by atoms with E-state index >= 15 is 0 Å². The summed E-state index contributed by atoms with van der Waals surface area (Å²) >= 11 is 6.16. The van der Waals surface area contributed by atoms with Gasteiger partial charge in [-0.25, -0.2) is 9.97 Å². The van der Waals surface area contributed by atoms with Gasteiger partial charge in [0.15, 0.2) is 5.65 Å². The lowest BCUT2D eigenvalue weighted by Gasteiger charge is -2.15. The number of hydrogen-bond acceptors (Lipinski definition) is 4. The summed E-state index contributed by atoms with van der Waals surface area (Å²) in [5.41, 5.74) is 0.789. The van der Waals surface area contributed by atoms with Gasteiger partial charge in [0.05, 0.1) is 18.1 Å². The van der Waals surface area contributed by atoms with Crippen molar-refractivity contribution in [1.29, 1.82) is 0 Å². The van der Waals surface area contributed by atoms with Gasteiger partial charge in [-0.05, 0) is 20.0 Å². The van der Waals surface area contributed by atoms with Gasteiger partial charge in [0.2, 0.25) is 0 Å². The van der Waals surface area contributed by atoms with Crippen LogP contribution >= 0.6 is 11.6 Å². The SMILES string of the molecule is CCCCCN(C)Cc1nc(Cl)c2cnn(C)c2n1. The molecule has 104 valence electrons. The van der Waals surface area contributed by atoms with E-state index in [-0.39, 0.29) is 0 Å². The Morgan fingerprint density at radius 1 is 1.32 bits per heavy atom. The fourth-order valence-corrected chi connectivity index (χ4v) is 2.28. The van der Waals surface area contributed by atoms with Crippen LogP contribution in [0.1, 0.15) is 32.0 Å². The maximum absolute atomic E-state index is 6.16. The van der Waals surface area contributed by atoms with Crippen molar-refractivity contribution in [3.63, 3.8) is 0 Å². The maximum Gasteiger partial charge on any atom is 0.162 e. The molecule has 2 rings (SSSR count). The quantitative estimate of drug-likeness (QED) is 0.603. The molecule has 0 unspecified atom stereocenters. The minimum absolute atomic E-state index is 0.482. The summed E-state index contributed by atoms with van der Waals surface area (Å²) in [6.45, 7) is 3.97. The summed E-state index contributed by atoms with van der Waals surface area (Å²) in [6, 6.07) is 0. The molecule has 0 radical (unpaired) electrons. The Morgan fingerprint density at radius 2 is 2.11 bits per heavy atom. The zero-order valence-corrected chi connectivity index (χ0v) is 12.5. The Bertz CT molecular complexity index is 551. The number of rotatable bonds is 6. The fraction of sp³-hybridized carbons (Fsp3) is 0.615. The van der Waals surface area contributed by atoms with Crippen LogP contribution in [0.25, 0.3) is 11.0 Å². The molecule has 2 aromatic heterocycles. The van der Waals surface area contributed by atoms with Crippen LogP contribution in [-0.4, -0.2) is 38.2 Å². The van der Waals surface area contributed by atoms with Gasteiger partial charge in [-0.3, -0.25) is 9.58 Å². The highest BCUT2D eigenvalue weighted by Crippen LogP contribution is 2.19. The number of unbranched alkanes of at least 4 members (excludes halogenated alkanes) is 2. The maximum atomic E-state index is 6.16. The van der Waals surface area contributed by atoms with E-state index in [2.05, 4.69) is 33.9 Å². The number of aromatic nitrogens is 4. The minimum Gasteiger partial charge on any atom is -0.299 e. The van der Waals surface area contributed by atoms with Crippen LogP contribution in [0.2, 0.25) is 5.15 Å². The lowest BCUT2D eigenvalue weighted by atomic mass is 10.2. The molecular weight excluding hydrogens is 262 g/mol. The van der Waals surface area contributed by atoms with Gasteiger partial charge < -0.3 is 0 Å². The van der Waals surface area contributed by atoms with E-state index in [1.807, 2.05) is 7.05 Å². The highest BCUT2D eigenvalue weighted by atomic mass is 35.5. The Morgan fingerprint density at radius 3 is 2.84 bits per heavy atom. The normalized spacial score (nSPS) is 11.6. The molecule has 0 aliphatic heterocycles. The van der Waals surface area contributed by atoms with Crippen molar-refractivity contribution < 1.29 is 0 Å². The smallest absolute Gasteiger partial charge is 0.162 e. The molecule has 0 aromatic carbocycles. The molecule has 0 aliphatic carbocycles. The van der Waals surface area contributed by atoms with Gasteiger partial charge in [0.25, 0.3) is 0 Å². The molecule has 0 aliphatic rings. The molecular formula is C13H20ClN5. The van der Waals surface area contributed by atoms with E-state index in [0.29, 0.717) is 11.7 Å². The van der Waals surface area contributed by atoms with Crippen LogP contribution < -0.4 is 0 Å². The highest BCUT2D eigenvalue weighted by molar-refractivity contribution is 6.33. The second-order valence-corrected chi connectivity index (χ2v) is 5.24. The van der Waals surface area contributed by atoms with Crippen LogP contribution in [-0.2, 0) is 13.6 Å². The van der Waals surface area contributed by atoms with Crippen molar-refractivity contribution in [3.05, 3.63) is 17.2 Å². The van der Waals surface area contributed by atoms with Crippen LogP contribution in [0.15, 0.2) is 6.20 Å². The molecule has 0 fully saturated rings. The highest BCUT2D eigenvalue weighted by Gasteiger charge is 2.11. The van der Waals surface area contributed by atoms with Crippen LogP contribution in [0.3, 0.4) is 0 Å². The van der Waals surface area contributed by atoms with Gasteiger partial charge in [0, 0.05) is 7.05 Å². The number of hydrogen-bond donors (Lipinski definition) is 0. The van der Waals surface area contributed by atoms with Crippen molar-refractivity contribution in [2.75, 3.05) is 13.6 Å². The first-order valence-electron chi connectivity index (χ1n) is 6.64. The molecule has 2 aromatic rings. The summed E-state index contributed by atoms with van der Waals surface area (Å²) < 4.78 is 1.73. The molecule has 5 nitrogen and oxygen atoms in total. The zero-order chi connectivity index (χ0) is 13.8. The summed E-state index contributed by atoms with van der Waals surface area (Å²) in [5.74, 6) is 0.750. The van der Waals surface area contributed by atoms with Gasteiger partial charge in [-0.2, -0.15) is 5.10 Å². The Kier molecular flexibility index (Phi) is 4.71. The second-order valence-electron chi connectivity index (χ2n) is 4.88. The standard InChI is InChI=1S/C13H20ClN5/c1-4-5-6-7-18(2)9-11-16-12(14)10-8-15-19(3)13(10)17-11/h8H,4-7,9H2,1-3H3. The average Bonchev–Trinajstić information content (AvgIpc) is 2.72. The summed E-state index contributed by atoms with van der Waals surface area (Å²) in [6.07, 6.45) is 5.39. The molecule has 0 saturated carbocycles. The molecule has 0 amide bonds. The third-order valence-corrected chi connectivity index (χ3v) is 3.43. The van der Waals surface area contributed by atoms with E-state index < -0.39 is 0 Å². The molecule has 19 heavy (non-hydrogen) atoms. The molecule has 0 bridgehead atoms. The summed E-state index contributed by atoms with van der Waals surface area (Å²) in [4.78, 5) is 11.1. The molecule has 0 spiro atoms. The molecule has 0 N–H and O–H groups in total. The van der Waals surface area contributed by atoms with Crippen LogP contribution in [0, 0.1) is 0 Å². The van der Waals surface area contributed by atoms with Gasteiger partial charge in [-0.1, -0.05) is 31.4 Å². The first kappa shape index (κ1) is 14.2. The summed E-state index contributed by atoms with van der Waals surface area (Å²) in [7, 11) is 3.95. The van der Waals surface area contributed by atoms with Gasteiger partial charge >= 0.3 is 0 Å². The van der Waals surface area contributed by atoms with Crippen LogP contribution in [0.4, 0.5) is 0 Å². The van der Waals surface area contributed by atoms with Crippen LogP contribution in [0.5, 0.6) is 0 Å². The molecule has 0 saturated heterocycles. The van der Waals surface area contributed by atoms with E-state index in [1.165, 1.54) is 19.3 Å². The monoisotopic (exact) mass is 281 g/mol. The van der Waals surface area contributed by atoms with Crippen molar-refractivity contribution in [3.8, 4) is 0 Å². The lowest BCUT2D eigenvalue weighted by molar-refractivity contribution is 0.310. The fourth-order valence-electron chi connectivity index (χ4n) is 2.05. The number of nitrogens with zero attached hydrogens (tertiary/aromatic N) is 5. The Labute approximate surface area is 118 Å². The number of aryl methyl sites for hydroxylation is 1. The third kappa shape index (κ3) is 3.42. The molecule has 0 atom stereocenters. The Hall–Kier alpha value is -1.20. The first-order chi connectivity index (χ1) is 9.11. The predicted octanol–water partition coefficient (Wildman–Crippen LogP) is 2.64.